The fraction of sp³-hybridized carbons (Fsp3) is 0.111. The summed E-state index contributed by atoms with van der Waals surface area (Å²) in [6.07, 6.45) is 0. The molecule has 0 radical (unpaired) electrons. The molecular weight excluding hydrogens is 214 g/mol. The molecule has 6 heteroatoms. The lowest BCUT2D eigenvalue weighted by molar-refractivity contribution is -0.119. The number of anilines is 1. The third kappa shape index (κ3) is 4.28. The van der Waals surface area contributed by atoms with E-state index in [2.05, 4.69) is 17.5 Å². The van der Waals surface area contributed by atoms with Crippen molar-refractivity contribution in [2.24, 2.45) is 11.5 Å². The average Bonchev–Trinajstić information content (AvgIpc) is 2.16. The van der Waals surface area contributed by atoms with Crippen LogP contribution in [-0.4, -0.2) is 17.6 Å². The molecule has 0 spiro atoms. The van der Waals surface area contributed by atoms with Crippen LogP contribution < -0.4 is 21.5 Å². The average molecular weight is 225 g/mol. The van der Waals surface area contributed by atoms with Crippen molar-refractivity contribution in [2.45, 2.75) is 0 Å². The van der Waals surface area contributed by atoms with Gasteiger partial charge < -0.3 is 21.5 Å². The Balaban J connectivity index is 2.56. The summed E-state index contributed by atoms with van der Waals surface area (Å²) >= 11 is 4.67. The minimum atomic E-state index is -0.514. The van der Waals surface area contributed by atoms with E-state index in [0.29, 0.717) is 5.75 Å². The van der Waals surface area contributed by atoms with E-state index in [1.807, 2.05) is 0 Å². The summed E-state index contributed by atoms with van der Waals surface area (Å²) < 4.78 is 5.06. The molecule has 0 saturated heterocycles. The van der Waals surface area contributed by atoms with E-state index in [1.54, 1.807) is 24.3 Å². The van der Waals surface area contributed by atoms with Gasteiger partial charge in [0, 0.05) is 5.69 Å². The van der Waals surface area contributed by atoms with Crippen LogP contribution in [0.15, 0.2) is 24.3 Å². The number of hydrogen-bond acceptors (Lipinski definition) is 3. The molecule has 0 heterocycles. The zero-order valence-corrected chi connectivity index (χ0v) is 8.71. The van der Waals surface area contributed by atoms with E-state index in [-0.39, 0.29) is 11.7 Å². The smallest absolute Gasteiger partial charge is 0.255 e. The number of nitrogens with one attached hydrogen (secondary N) is 1. The fourth-order valence-corrected chi connectivity index (χ4v) is 1.05. The van der Waals surface area contributed by atoms with Gasteiger partial charge in [0.2, 0.25) is 0 Å². The Bertz CT molecular complexity index is 364. The topological polar surface area (TPSA) is 90.4 Å². The standard InChI is InChI=1S/C9H11N3O2S/c10-8(13)5-14-7-3-1-6(2-4-7)12-9(11)15/h1-4H,5H2,(H2,10,13)(H3,11,12,15). The van der Waals surface area contributed by atoms with Crippen LogP contribution in [0.5, 0.6) is 5.75 Å². The highest BCUT2D eigenvalue weighted by atomic mass is 32.1. The SMILES string of the molecule is NC(=O)COc1ccc(NC(N)=S)cc1. The van der Waals surface area contributed by atoms with Crippen molar-refractivity contribution in [1.29, 1.82) is 0 Å². The van der Waals surface area contributed by atoms with Crippen LogP contribution in [0.25, 0.3) is 0 Å². The van der Waals surface area contributed by atoms with Gasteiger partial charge in [-0.2, -0.15) is 0 Å². The molecule has 5 nitrogen and oxygen atoms in total. The lowest BCUT2D eigenvalue weighted by Gasteiger charge is -2.06. The lowest BCUT2D eigenvalue weighted by Crippen LogP contribution is -2.20. The zero-order valence-electron chi connectivity index (χ0n) is 7.90. The maximum Gasteiger partial charge on any atom is 0.255 e. The first-order valence-corrected chi connectivity index (χ1v) is 4.56. The number of ether oxygens (including phenoxy) is 1. The molecular formula is C9H11N3O2S. The molecule has 5 N–H and O–H groups in total. The van der Waals surface area contributed by atoms with Crippen LogP contribution in [0.3, 0.4) is 0 Å². The number of carbonyl (C=O) groups excluding carboxylic acids is 1. The summed E-state index contributed by atoms with van der Waals surface area (Å²) in [5.74, 6) is 0.0441. The Labute approximate surface area is 92.4 Å². The fourth-order valence-electron chi connectivity index (χ4n) is 0.931. The normalized spacial score (nSPS) is 9.33. The second-order valence-electron chi connectivity index (χ2n) is 2.77. The predicted octanol–water partition coefficient (Wildman–Crippen LogP) is 0.206. The van der Waals surface area contributed by atoms with Crippen molar-refractivity contribution in [3.63, 3.8) is 0 Å². The molecule has 15 heavy (non-hydrogen) atoms. The van der Waals surface area contributed by atoms with Gasteiger partial charge in [-0.05, 0) is 36.5 Å². The number of thiocarbonyl (C=S) groups is 1. The van der Waals surface area contributed by atoms with Gasteiger partial charge >= 0.3 is 0 Å². The summed E-state index contributed by atoms with van der Waals surface area (Å²) in [4.78, 5) is 10.4. The molecule has 80 valence electrons. The van der Waals surface area contributed by atoms with Gasteiger partial charge in [-0.3, -0.25) is 4.79 Å². The van der Waals surface area contributed by atoms with Gasteiger partial charge in [-0.25, -0.2) is 0 Å². The van der Waals surface area contributed by atoms with E-state index >= 15 is 0 Å². The molecule has 0 aliphatic carbocycles. The van der Waals surface area contributed by atoms with Crippen LogP contribution in [0, 0.1) is 0 Å². The number of carbonyl (C=O) groups is 1. The monoisotopic (exact) mass is 225 g/mol. The predicted molar refractivity (Wildman–Crippen MR) is 61.5 cm³/mol. The molecule has 0 atom stereocenters. The second-order valence-corrected chi connectivity index (χ2v) is 3.21. The van der Waals surface area contributed by atoms with E-state index < -0.39 is 5.91 Å². The van der Waals surface area contributed by atoms with Gasteiger partial charge in [0.1, 0.15) is 5.75 Å². The molecule has 1 amide bonds. The largest absolute Gasteiger partial charge is 0.484 e. The maximum atomic E-state index is 10.4. The highest BCUT2D eigenvalue weighted by Crippen LogP contribution is 2.15. The Morgan fingerprint density at radius 1 is 1.33 bits per heavy atom. The van der Waals surface area contributed by atoms with Crippen molar-refractivity contribution >= 4 is 28.9 Å². The van der Waals surface area contributed by atoms with Crippen LogP contribution in [0.4, 0.5) is 5.69 Å². The maximum absolute atomic E-state index is 10.4. The van der Waals surface area contributed by atoms with Crippen molar-refractivity contribution in [3.05, 3.63) is 24.3 Å². The van der Waals surface area contributed by atoms with Crippen molar-refractivity contribution in [2.75, 3.05) is 11.9 Å². The summed E-state index contributed by atoms with van der Waals surface area (Å²) in [5.41, 5.74) is 11.0. The molecule has 0 unspecified atom stereocenters. The van der Waals surface area contributed by atoms with Gasteiger partial charge in [0.15, 0.2) is 11.7 Å². The molecule has 0 bridgehead atoms. The molecule has 0 saturated carbocycles. The van der Waals surface area contributed by atoms with Crippen molar-refractivity contribution < 1.29 is 9.53 Å². The highest BCUT2D eigenvalue weighted by molar-refractivity contribution is 7.80. The molecule has 1 aromatic rings. The Hall–Kier alpha value is -1.82. The summed E-state index contributed by atoms with van der Waals surface area (Å²) in [7, 11) is 0. The second kappa shape index (κ2) is 5.16. The van der Waals surface area contributed by atoms with Crippen LogP contribution in [0.2, 0.25) is 0 Å². The summed E-state index contributed by atoms with van der Waals surface area (Å²) in [5, 5.41) is 2.95. The minimum absolute atomic E-state index is 0.137. The first-order chi connectivity index (χ1) is 7.08. The van der Waals surface area contributed by atoms with Gasteiger partial charge in [-0.15, -0.1) is 0 Å². The minimum Gasteiger partial charge on any atom is -0.484 e. The van der Waals surface area contributed by atoms with Gasteiger partial charge in [-0.1, -0.05) is 0 Å². The number of primary amides is 1. The van der Waals surface area contributed by atoms with E-state index in [9.17, 15) is 4.79 Å². The third-order valence-corrected chi connectivity index (χ3v) is 1.61. The molecule has 1 rings (SSSR count). The Morgan fingerprint density at radius 3 is 2.40 bits per heavy atom. The van der Waals surface area contributed by atoms with Crippen molar-refractivity contribution in [1.82, 2.24) is 0 Å². The zero-order chi connectivity index (χ0) is 11.3. The van der Waals surface area contributed by atoms with Crippen molar-refractivity contribution in [3.8, 4) is 5.75 Å². The van der Waals surface area contributed by atoms with Crippen LogP contribution >= 0.6 is 12.2 Å². The first-order valence-electron chi connectivity index (χ1n) is 4.15. The number of hydrogen-bond donors (Lipinski definition) is 3. The van der Waals surface area contributed by atoms with E-state index in [4.69, 9.17) is 16.2 Å². The number of amides is 1. The Morgan fingerprint density at radius 2 is 1.93 bits per heavy atom. The van der Waals surface area contributed by atoms with E-state index in [0.717, 1.165) is 5.69 Å². The van der Waals surface area contributed by atoms with E-state index in [1.165, 1.54) is 0 Å². The molecule has 0 fully saturated rings. The summed E-state index contributed by atoms with van der Waals surface area (Å²) in [6, 6.07) is 6.83. The molecule has 0 aliphatic rings. The number of benzene rings is 1. The van der Waals surface area contributed by atoms with Gasteiger partial charge in [0.25, 0.3) is 5.91 Å². The summed E-state index contributed by atoms with van der Waals surface area (Å²) in [6.45, 7) is -0.137. The highest BCUT2D eigenvalue weighted by Gasteiger charge is 1.98. The lowest BCUT2D eigenvalue weighted by atomic mass is 10.3. The Kier molecular flexibility index (Phi) is 3.87. The third-order valence-electron chi connectivity index (χ3n) is 1.50. The van der Waals surface area contributed by atoms with Crippen LogP contribution in [-0.2, 0) is 4.79 Å². The molecule has 0 aliphatic heterocycles. The molecule has 0 aromatic heterocycles. The molecule has 1 aromatic carbocycles. The van der Waals surface area contributed by atoms with Crippen LogP contribution in [0.1, 0.15) is 0 Å². The number of nitrogens with two attached hydrogens (primary N) is 2. The number of rotatable bonds is 4. The first kappa shape index (κ1) is 11.3. The quantitative estimate of drug-likeness (QED) is 0.637. The van der Waals surface area contributed by atoms with Gasteiger partial charge in [0.05, 0.1) is 0 Å².